The highest BCUT2D eigenvalue weighted by Crippen LogP contribution is 1.98. The van der Waals surface area contributed by atoms with Crippen LogP contribution in [-0.4, -0.2) is 67.5 Å². The third kappa shape index (κ3) is 4.18. The molecule has 1 aliphatic heterocycles. The third-order valence-corrected chi connectivity index (χ3v) is 2.95. The van der Waals surface area contributed by atoms with E-state index >= 15 is 0 Å². The zero-order valence-corrected chi connectivity index (χ0v) is 10.5. The number of nitrogens with one attached hydrogen (secondary N) is 2. The predicted molar refractivity (Wildman–Crippen MR) is 64.9 cm³/mol. The SMILES string of the molecule is CC(=O)NCCNCCN1CC[N+](C)=C1C. The van der Waals surface area contributed by atoms with Crippen molar-refractivity contribution in [2.24, 2.45) is 0 Å². The number of carbonyl (C=O) groups is 1. The molecule has 0 aromatic carbocycles. The maximum absolute atomic E-state index is 10.6. The summed E-state index contributed by atoms with van der Waals surface area (Å²) in [6.07, 6.45) is 0. The van der Waals surface area contributed by atoms with Crippen LogP contribution >= 0.6 is 0 Å². The molecule has 0 spiro atoms. The van der Waals surface area contributed by atoms with E-state index in [2.05, 4.69) is 34.1 Å². The minimum absolute atomic E-state index is 0.0344. The highest BCUT2D eigenvalue weighted by Gasteiger charge is 2.22. The molecule has 92 valence electrons. The molecule has 0 atom stereocenters. The quantitative estimate of drug-likeness (QED) is 0.456. The van der Waals surface area contributed by atoms with Crippen LogP contribution in [0, 0.1) is 0 Å². The Balaban J connectivity index is 2.02. The molecule has 2 N–H and O–H groups in total. The van der Waals surface area contributed by atoms with Crippen LogP contribution in [0.15, 0.2) is 0 Å². The summed E-state index contributed by atoms with van der Waals surface area (Å²) in [4.78, 5) is 13.0. The molecule has 1 amide bonds. The molecule has 1 heterocycles. The maximum atomic E-state index is 10.6. The van der Waals surface area contributed by atoms with Crippen LogP contribution in [0.1, 0.15) is 13.8 Å². The Labute approximate surface area is 97.5 Å². The van der Waals surface area contributed by atoms with E-state index in [1.54, 1.807) is 6.92 Å². The van der Waals surface area contributed by atoms with E-state index in [0.29, 0.717) is 6.54 Å². The molecule has 1 rings (SSSR count). The first kappa shape index (κ1) is 13.0. The molecular formula is C11H23N4O+. The molecule has 0 unspecified atom stereocenters. The molecule has 0 aromatic heterocycles. The summed E-state index contributed by atoms with van der Waals surface area (Å²) in [5, 5.41) is 6.08. The number of likely N-dealkylation sites (N-methyl/N-ethyl adjacent to an activating group) is 1. The van der Waals surface area contributed by atoms with Crippen LogP contribution in [0.5, 0.6) is 0 Å². The molecule has 0 aromatic rings. The van der Waals surface area contributed by atoms with Crippen LogP contribution in [0.4, 0.5) is 0 Å². The first-order chi connectivity index (χ1) is 7.61. The number of hydrogen-bond acceptors (Lipinski definition) is 3. The van der Waals surface area contributed by atoms with Crippen LogP contribution in [0.2, 0.25) is 0 Å². The molecule has 5 nitrogen and oxygen atoms in total. The Morgan fingerprint density at radius 1 is 1.44 bits per heavy atom. The summed E-state index contributed by atoms with van der Waals surface area (Å²) in [6.45, 7) is 9.48. The molecule has 0 saturated carbocycles. The number of nitrogens with zero attached hydrogens (tertiary/aromatic N) is 2. The van der Waals surface area contributed by atoms with Gasteiger partial charge in [-0.15, -0.1) is 0 Å². The number of hydrogen-bond donors (Lipinski definition) is 2. The smallest absolute Gasteiger partial charge is 0.243 e. The molecule has 1 aliphatic rings. The van der Waals surface area contributed by atoms with Gasteiger partial charge in [-0.2, -0.15) is 0 Å². The number of carbonyl (C=O) groups excluding carboxylic acids is 1. The van der Waals surface area contributed by atoms with Gasteiger partial charge in [-0.05, 0) is 0 Å². The monoisotopic (exact) mass is 227 g/mol. The predicted octanol–water partition coefficient (Wildman–Crippen LogP) is -0.912. The Morgan fingerprint density at radius 3 is 2.75 bits per heavy atom. The molecule has 16 heavy (non-hydrogen) atoms. The van der Waals surface area contributed by atoms with Crippen molar-refractivity contribution in [2.45, 2.75) is 13.8 Å². The van der Waals surface area contributed by atoms with E-state index in [9.17, 15) is 4.79 Å². The molecule has 0 fully saturated rings. The second-order valence-electron chi connectivity index (χ2n) is 4.19. The summed E-state index contributed by atoms with van der Waals surface area (Å²) in [5.41, 5.74) is 0. The lowest BCUT2D eigenvalue weighted by Gasteiger charge is -2.11. The zero-order valence-electron chi connectivity index (χ0n) is 10.5. The molecule has 0 radical (unpaired) electrons. The molecule has 0 bridgehead atoms. The lowest BCUT2D eigenvalue weighted by Crippen LogP contribution is -2.37. The van der Waals surface area contributed by atoms with Crippen molar-refractivity contribution in [2.75, 3.05) is 46.3 Å². The fourth-order valence-corrected chi connectivity index (χ4v) is 1.78. The Hall–Kier alpha value is -1.10. The van der Waals surface area contributed by atoms with E-state index in [4.69, 9.17) is 0 Å². The Bertz CT molecular complexity index is 275. The Kier molecular flexibility index (Phi) is 5.25. The van der Waals surface area contributed by atoms with E-state index in [1.807, 2.05) is 0 Å². The second-order valence-corrected chi connectivity index (χ2v) is 4.19. The highest BCUT2D eigenvalue weighted by molar-refractivity contribution is 5.75. The van der Waals surface area contributed by atoms with Gasteiger partial charge in [0.2, 0.25) is 11.7 Å². The Morgan fingerprint density at radius 2 is 2.19 bits per heavy atom. The van der Waals surface area contributed by atoms with Gasteiger partial charge in [0.1, 0.15) is 13.1 Å². The van der Waals surface area contributed by atoms with Gasteiger partial charge >= 0.3 is 0 Å². The minimum Gasteiger partial charge on any atom is -0.355 e. The fraction of sp³-hybridized carbons (Fsp3) is 0.818. The van der Waals surface area contributed by atoms with Crippen molar-refractivity contribution in [1.82, 2.24) is 15.5 Å². The summed E-state index contributed by atoms with van der Waals surface area (Å²) in [5.74, 6) is 1.39. The van der Waals surface area contributed by atoms with Crippen molar-refractivity contribution in [3.63, 3.8) is 0 Å². The van der Waals surface area contributed by atoms with Gasteiger partial charge in [-0.1, -0.05) is 0 Å². The van der Waals surface area contributed by atoms with Crippen LogP contribution in [0.25, 0.3) is 0 Å². The molecular weight excluding hydrogens is 204 g/mol. The van der Waals surface area contributed by atoms with Gasteiger partial charge in [-0.3, -0.25) is 14.3 Å². The second kappa shape index (κ2) is 6.48. The summed E-state index contributed by atoms with van der Waals surface area (Å²) in [6, 6.07) is 0. The normalized spacial score (nSPS) is 15.8. The summed E-state index contributed by atoms with van der Waals surface area (Å²) >= 11 is 0. The van der Waals surface area contributed by atoms with Crippen molar-refractivity contribution < 1.29 is 9.37 Å². The maximum Gasteiger partial charge on any atom is 0.243 e. The average Bonchev–Trinajstić information content (AvgIpc) is 2.54. The van der Waals surface area contributed by atoms with Crippen molar-refractivity contribution >= 4 is 11.7 Å². The lowest BCUT2D eigenvalue weighted by molar-refractivity contribution is -0.487. The van der Waals surface area contributed by atoms with Crippen LogP contribution in [0.3, 0.4) is 0 Å². The van der Waals surface area contributed by atoms with Gasteiger partial charge in [0, 0.05) is 33.5 Å². The van der Waals surface area contributed by atoms with Gasteiger partial charge in [0.05, 0.1) is 13.6 Å². The first-order valence-electron chi connectivity index (χ1n) is 5.86. The van der Waals surface area contributed by atoms with Crippen molar-refractivity contribution in [3.05, 3.63) is 0 Å². The van der Waals surface area contributed by atoms with E-state index < -0.39 is 0 Å². The molecule has 0 saturated heterocycles. The number of amidine groups is 1. The van der Waals surface area contributed by atoms with Crippen LogP contribution in [-0.2, 0) is 4.79 Å². The summed E-state index contributed by atoms with van der Waals surface area (Å²) in [7, 11) is 2.12. The van der Waals surface area contributed by atoms with E-state index in [0.717, 1.165) is 32.7 Å². The summed E-state index contributed by atoms with van der Waals surface area (Å²) < 4.78 is 2.28. The molecule has 5 heteroatoms. The van der Waals surface area contributed by atoms with Gasteiger partial charge in [-0.25, -0.2) is 0 Å². The third-order valence-electron chi connectivity index (χ3n) is 2.95. The largest absolute Gasteiger partial charge is 0.355 e. The van der Waals surface area contributed by atoms with Crippen molar-refractivity contribution in [1.29, 1.82) is 0 Å². The van der Waals surface area contributed by atoms with Crippen molar-refractivity contribution in [3.8, 4) is 0 Å². The van der Waals surface area contributed by atoms with Crippen LogP contribution < -0.4 is 10.6 Å². The van der Waals surface area contributed by atoms with Gasteiger partial charge in [0.25, 0.3) is 0 Å². The highest BCUT2D eigenvalue weighted by atomic mass is 16.1. The minimum atomic E-state index is 0.0344. The number of rotatable bonds is 6. The zero-order chi connectivity index (χ0) is 12.0. The first-order valence-corrected chi connectivity index (χ1v) is 5.86. The van der Waals surface area contributed by atoms with Gasteiger partial charge < -0.3 is 10.6 Å². The lowest BCUT2D eigenvalue weighted by atomic mass is 10.4. The number of amides is 1. The van der Waals surface area contributed by atoms with Gasteiger partial charge in [0.15, 0.2) is 0 Å². The molecule has 0 aliphatic carbocycles. The topological polar surface area (TPSA) is 47.4 Å². The van der Waals surface area contributed by atoms with E-state index in [-0.39, 0.29) is 5.91 Å². The van der Waals surface area contributed by atoms with E-state index in [1.165, 1.54) is 5.84 Å². The standard InChI is InChI=1S/C11H22N4O/c1-10(16)13-5-4-12-6-7-15-9-8-14(3)11(15)2/h12H,4-9H2,1-3H3/p+1. The fourth-order valence-electron chi connectivity index (χ4n) is 1.78. The average molecular weight is 227 g/mol.